The number of unbranched alkanes of at least 4 members (excludes halogenated alkanes) is 3. The second-order valence-electron chi connectivity index (χ2n) is 7.03. The summed E-state index contributed by atoms with van der Waals surface area (Å²) in [5.41, 5.74) is 0.409. The van der Waals surface area contributed by atoms with E-state index in [1.54, 1.807) is 6.20 Å². The predicted octanol–water partition coefficient (Wildman–Crippen LogP) is 4.21. The SMILES string of the molecule is CCCCCCC(C)NCc1cn[nH]c1NC(=O)OC(C)(C)C. The molecule has 1 rings (SSSR count). The molecule has 1 aromatic rings. The first-order chi connectivity index (χ1) is 10.8. The zero-order valence-electron chi connectivity index (χ0n) is 15.2. The fourth-order valence-corrected chi connectivity index (χ4v) is 2.22. The average molecular weight is 324 g/mol. The van der Waals surface area contributed by atoms with Crippen molar-refractivity contribution < 1.29 is 9.53 Å². The molecule has 1 atom stereocenters. The van der Waals surface area contributed by atoms with Crippen LogP contribution in [-0.2, 0) is 11.3 Å². The van der Waals surface area contributed by atoms with Crippen molar-refractivity contribution in [2.24, 2.45) is 0 Å². The quantitative estimate of drug-likeness (QED) is 0.595. The predicted molar refractivity (Wildman–Crippen MR) is 93.5 cm³/mol. The number of carbonyl (C=O) groups is 1. The van der Waals surface area contributed by atoms with Crippen LogP contribution in [0.25, 0.3) is 0 Å². The highest BCUT2D eigenvalue weighted by Crippen LogP contribution is 2.14. The summed E-state index contributed by atoms with van der Waals surface area (Å²) in [6, 6.07) is 0.441. The number of nitrogens with zero attached hydrogens (tertiary/aromatic N) is 1. The Kier molecular flexibility index (Phi) is 8.09. The number of amides is 1. The highest BCUT2D eigenvalue weighted by molar-refractivity contribution is 5.84. The van der Waals surface area contributed by atoms with Crippen LogP contribution >= 0.6 is 0 Å². The molecule has 0 aromatic carbocycles. The Morgan fingerprint density at radius 1 is 1.35 bits per heavy atom. The van der Waals surface area contributed by atoms with Crippen LogP contribution in [0, 0.1) is 0 Å². The van der Waals surface area contributed by atoms with Crippen molar-refractivity contribution in [2.75, 3.05) is 5.32 Å². The summed E-state index contributed by atoms with van der Waals surface area (Å²) in [5, 5.41) is 13.0. The second kappa shape index (κ2) is 9.55. The molecular formula is C17H32N4O2. The lowest BCUT2D eigenvalue weighted by Gasteiger charge is -2.19. The smallest absolute Gasteiger partial charge is 0.413 e. The maximum absolute atomic E-state index is 11.8. The van der Waals surface area contributed by atoms with Crippen LogP contribution in [-0.4, -0.2) is 27.9 Å². The summed E-state index contributed by atoms with van der Waals surface area (Å²) in [4.78, 5) is 11.8. The molecule has 3 N–H and O–H groups in total. The first kappa shape index (κ1) is 19.5. The molecule has 6 nitrogen and oxygen atoms in total. The lowest BCUT2D eigenvalue weighted by molar-refractivity contribution is 0.0635. The van der Waals surface area contributed by atoms with E-state index in [-0.39, 0.29) is 0 Å². The number of aromatic amines is 1. The molecule has 0 saturated carbocycles. The van der Waals surface area contributed by atoms with Crippen molar-refractivity contribution in [3.63, 3.8) is 0 Å². The van der Waals surface area contributed by atoms with E-state index in [9.17, 15) is 4.79 Å². The van der Waals surface area contributed by atoms with Crippen molar-refractivity contribution in [3.05, 3.63) is 11.8 Å². The minimum atomic E-state index is -0.518. The number of aromatic nitrogens is 2. The Bertz CT molecular complexity index is 465. The molecule has 1 unspecified atom stereocenters. The molecule has 0 radical (unpaired) electrons. The Hall–Kier alpha value is -1.56. The highest BCUT2D eigenvalue weighted by atomic mass is 16.6. The Balaban J connectivity index is 2.38. The number of nitrogens with one attached hydrogen (secondary N) is 3. The molecule has 1 amide bonds. The molecule has 23 heavy (non-hydrogen) atoms. The summed E-state index contributed by atoms with van der Waals surface area (Å²) in [7, 11) is 0. The van der Waals surface area contributed by atoms with E-state index < -0.39 is 11.7 Å². The van der Waals surface area contributed by atoms with Gasteiger partial charge in [0.1, 0.15) is 11.4 Å². The maximum atomic E-state index is 11.8. The van der Waals surface area contributed by atoms with Gasteiger partial charge in [0.25, 0.3) is 0 Å². The Morgan fingerprint density at radius 3 is 2.74 bits per heavy atom. The molecule has 0 aliphatic heterocycles. The maximum Gasteiger partial charge on any atom is 0.413 e. The van der Waals surface area contributed by atoms with E-state index in [0.717, 1.165) is 12.0 Å². The zero-order valence-corrected chi connectivity index (χ0v) is 15.2. The number of hydrogen-bond acceptors (Lipinski definition) is 4. The van der Waals surface area contributed by atoms with Crippen LogP contribution in [0.1, 0.15) is 72.3 Å². The monoisotopic (exact) mass is 324 g/mol. The first-order valence-corrected chi connectivity index (χ1v) is 8.57. The molecule has 1 aromatic heterocycles. The van der Waals surface area contributed by atoms with Gasteiger partial charge in [0, 0.05) is 18.2 Å². The van der Waals surface area contributed by atoms with Crippen molar-refractivity contribution in [1.82, 2.24) is 15.5 Å². The lowest BCUT2D eigenvalue weighted by atomic mass is 10.1. The van der Waals surface area contributed by atoms with Crippen molar-refractivity contribution in [2.45, 2.75) is 84.9 Å². The van der Waals surface area contributed by atoms with E-state index in [4.69, 9.17) is 4.74 Å². The van der Waals surface area contributed by atoms with Gasteiger partial charge >= 0.3 is 6.09 Å². The Labute approximate surface area is 139 Å². The van der Waals surface area contributed by atoms with Crippen LogP contribution in [0.4, 0.5) is 10.6 Å². The third-order valence-corrected chi connectivity index (χ3v) is 3.48. The van der Waals surface area contributed by atoms with E-state index in [1.807, 2.05) is 20.8 Å². The normalized spacial score (nSPS) is 12.9. The summed E-state index contributed by atoms with van der Waals surface area (Å²) in [6.07, 6.45) is 7.51. The molecule has 1 heterocycles. The number of carbonyl (C=O) groups excluding carboxylic acids is 1. The van der Waals surface area contributed by atoms with Gasteiger partial charge in [-0.25, -0.2) is 4.79 Å². The van der Waals surface area contributed by atoms with E-state index >= 15 is 0 Å². The van der Waals surface area contributed by atoms with Crippen LogP contribution in [0.3, 0.4) is 0 Å². The van der Waals surface area contributed by atoms with Gasteiger partial charge in [0.05, 0.1) is 6.20 Å². The average Bonchev–Trinajstić information content (AvgIpc) is 2.86. The van der Waals surface area contributed by atoms with E-state index in [0.29, 0.717) is 18.4 Å². The van der Waals surface area contributed by atoms with Crippen molar-refractivity contribution >= 4 is 11.9 Å². The summed E-state index contributed by atoms with van der Waals surface area (Å²) in [6.45, 7) is 10.6. The summed E-state index contributed by atoms with van der Waals surface area (Å²) < 4.78 is 5.25. The van der Waals surface area contributed by atoms with Crippen molar-refractivity contribution in [3.8, 4) is 0 Å². The summed E-state index contributed by atoms with van der Waals surface area (Å²) >= 11 is 0. The molecule has 0 saturated heterocycles. The van der Waals surface area contributed by atoms with Crippen LogP contribution < -0.4 is 10.6 Å². The molecule has 6 heteroatoms. The molecule has 0 fully saturated rings. The third kappa shape index (κ3) is 8.59. The number of ether oxygens (including phenoxy) is 1. The van der Waals surface area contributed by atoms with Crippen LogP contribution in [0.5, 0.6) is 0 Å². The van der Waals surface area contributed by atoms with Gasteiger partial charge in [0.2, 0.25) is 0 Å². The molecule has 0 bridgehead atoms. The lowest BCUT2D eigenvalue weighted by Crippen LogP contribution is -2.28. The van der Waals surface area contributed by atoms with Gasteiger partial charge in [0.15, 0.2) is 0 Å². The zero-order chi connectivity index (χ0) is 17.3. The van der Waals surface area contributed by atoms with Gasteiger partial charge in [-0.05, 0) is 34.1 Å². The topological polar surface area (TPSA) is 79.0 Å². The number of rotatable bonds is 9. The van der Waals surface area contributed by atoms with E-state index in [2.05, 4.69) is 34.7 Å². The van der Waals surface area contributed by atoms with Crippen molar-refractivity contribution in [1.29, 1.82) is 0 Å². The van der Waals surface area contributed by atoms with Gasteiger partial charge in [-0.2, -0.15) is 5.10 Å². The van der Waals surface area contributed by atoms with E-state index in [1.165, 1.54) is 25.7 Å². The van der Waals surface area contributed by atoms with Gasteiger partial charge < -0.3 is 10.1 Å². The number of hydrogen-bond donors (Lipinski definition) is 3. The van der Waals surface area contributed by atoms with Crippen LogP contribution in [0.15, 0.2) is 6.20 Å². The number of anilines is 1. The fraction of sp³-hybridized carbons (Fsp3) is 0.765. The standard InChI is InChI=1S/C17H32N4O2/c1-6-7-8-9-10-13(2)18-11-14-12-19-21-15(14)20-16(22)23-17(3,4)5/h12-13,18H,6-11H2,1-5H3,(H2,19,20,21,22). The van der Waals surface area contributed by atoms with Gasteiger partial charge in [-0.3, -0.25) is 10.4 Å². The molecular weight excluding hydrogens is 292 g/mol. The minimum Gasteiger partial charge on any atom is -0.444 e. The first-order valence-electron chi connectivity index (χ1n) is 8.57. The summed E-state index contributed by atoms with van der Waals surface area (Å²) in [5.74, 6) is 0.588. The minimum absolute atomic E-state index is 0.441. The van der Waals surface area contributed by atoms with Gasteiger partial charge in [-0.1, -0.05) is 32.6 Å². The largest absolute Gasteiger partial charge is 0.444 e. The van der Waals surface area contributed by atoms with Crippen LogP contribution in [0.2, 0.25) is 0 Å². The third-order valence-electron chi connectivity index (χ3n) is 3.48. The number of H-pyrrole nitrogens is 1. The molecule has 0 aliphatic rings. The van der Waals surface area contributed by atoms with Gasteiger partial charge in [-0.15, -0.1) is 0 Å². The highest BCUT2D eigenvalue weighted by Gasteiger charge is 2.18. The Morgan fingerprint density at radius 2 is 2.09 bits per heavy atom. The molecule has 0 spiro atoms. The second-order valence-corrected chi connectivity index (χ2v) is 7.03. The fourth-order valence-electron chi connectivity index (χ4n) is 2.22. The molecule has 0 aliphatic carbocycles. The molecule has 132 valence electrons.